The molecule has 0 saturated heterocycles. The molecule has 0 aliphatic carbocycles. The summed E-state index contributed by atoms with van der Waals surface area (Å²) < 4.78 is 12.3. The minimum absolute atomic E-state index is 0. The molecule has 2 nitrogen and oxygen atoms in total. The van der Waals surface area contributed by atoms with Crippen LogP contribution in [0.5, 0.6) is 0 Å². The number of fused-ring (bicyclic) bond motifs is 5. The van der Waals surface area contributed by atoms with Crippen LogP contribution in [0.3, 0.4) is 0 Å². The monoisotopic (exact) mass is 882 g/mol. The zero-order valence-corrected chi connectivity index (χ0v) is 33.4. The van der Waals surface area contributed by atoms with Gasteiger partial charge >= 0.3 is 99.8 Å². The molecule has 8 rings (SSSR count). The van der Waals surface area contributed by atoms with Gasteiger partial charge in [-0.05, 0) is 80.5 Å². The van der Waals surface area contributed by atoms with Crippen molar-refractivity contribution in [3.8, 4) is 22.5 Å². The third-order valence-corrected chi connectivity index (χ3v) is 14.1. The van der Waals surface area contributed by atoms with Crippen LogP contribution in [-0.2, 0) is 20.1 Å². The molecule has 0 amide bonds. The van der Waals surface area contributed by atoms with E-state index in [-0.39, 0.29) is 20.1 Å². The fourth-order valence-corrected chi connectivity index (χ4v) is 9.38. The molecule has 3 heterocycles. The molecule has 0 saturated carbocycles. The smallest absolute Gasteiger partial charge is 0 e. The summed E-state index contributed by atoms with van der Waals surface area (Å²) in [5.74, 6) is 6.48. The van der Waals surface area contributed by atoms with Gasteiger partial charge in [-0.15, -0.1) is 23.8 Å². The Balaban J connectivity index is 0.000000208. The predicted molar refractivity (Wildman–Crippen MR) is 207 cm³/mol. The van der Waals surface area contributed by atoms with Crippen molar-refractivity contribution in [3.63, 3.8) is 0 Å². The van der Waals surface area contributed by atoms with E-state index in [0.29, 0.717) is 0 Å². The normalized spacial score (nSPS) is 12.1. The van der Waals surface area contributed by atoms with Gasteiger partial charge < -0.3 is 4.98 Å². The Labute approximate surface area is 305 Å². The summed E-state index contributed by atoms with van der Waals surface area (Å²) in [6.07, 6.45) is 3.85. The first-order valence-corrected chi connectivity index (χ1v) is 24.2. The molecule has 0 aliphatic heterocycles. The molecule has 0 fully saturated rings. The van der Waals surface area contributed by atoms with E-state index in [1.165, 1.54) is 51.7 Å². The summed E-state index contributed by atoms with van der Waals surface area (Å²) in [6, 6.07) is 42.9. The average Bonchev–Trinajstić information content (AvgIpc) is 3.44. The van der Waals surface area contributed by atoms with Crippen LogP contribution < -0.4 is 4.40 Å². The fourth-order valence-electron chi connectivity index (χ4n) is 5.97. The van der Waals surface area contributed by atoms with Gasteiger partial charge in [0.1, 0.15) is 0 Å². The van der Waals surface area contributed by atoms with Gasteiger partial charge in [0.2, 0.25) is 0 Å². The second-order valence-electron chi connectivity index (χ2n) is 13.5. The maximum absolute atomic E-state index is 8.40. The number of rotatable bonds is 4. The Hall–Kier alpha value is -3.67. The molecule has 0 bridgehead atoms. The molecule has 8 aromatic rings. The standard InChI is InChI=1S/C29H22NS.C14H16GeN.Ir/c1-17(2)19-9-10-30-27(15-19)25-6-4-5-24-26-14-22-12-20-8-7-18(3)11-21(20)13-23(22)16-28(26)31-29(24)25;1-15(2,3)13-9-10-14(16-11-13)12-7-5-4-6-8-12;/h4-5,7-17H,1-3H3;4-7,9-11H,1-3H3;/q2*-1;/i17D;;. The molecule has 1 radical (unpaired) electrons. The van der Waals surface area contributed by atoms with E-state index in [9.17, 15) is 0 Å². The van der Waals surface area contributed by atoms with Crippen molar-refractivity contribution in [1.29, 1.82) is 0 Å². The number of benzene rings is 5. The largest absolute Gasteiger partial charge is 0 e. The van der Waals surface area contributed by atoms with Gasteiger partial charge in [-0.1, -0.05) is 54.6 Å². The molecule has 5 aromatic carbocycles. The molecule has 48 heavy (non-hydrogen) atoms. The Bertz CT molecular complexity index is 2430. The first kappa shape index (κ1) is 32.9. The molecule has 3 aromatic heterocycles. The molecule has 241 valence electrons. The predicted octanol–water partition coefficient (Wildman–Crippen LogP) is 11.7. The number of hydrogen-bond donors (Lipinski definition) is 0. The van der Waals surface area contributed by atoms with E-state index in [2.05, 4.69) is 107 Å². The maximum Gasteiger partial charge on any atom is 0 e. The summed E-state index contributed by atoms with van der Waals surface area (Å²) in [6.45, 7) is 5.96. The van der Waals surface area contributed by atoms with Crippen LogP contribution in [0.1, 0.15) is 32.2 Å². The zero-order chi connectivity index (χ0) is 33.6. The molecule has 0 spiro atoms. The first-order chi connectivity index (χ1) is 22.9. The number of aromatic nitrogens is 2. The van der Waals surface area contributed by atoms with E-state index < -0.39 is 19.2 Å². The molecular weight excluding hydrogens is 841 g/mol. The van der Waals surface area contributed by atoms with Crippen LogP contribution in [-0.4, -0.2) is 23.2 Å². The summed E-state index contributed by atoms with van der Waals surface area (Å²) in [7, 11) is 0. The summed E-state index contributed by atoms with van der Waals surface area (Å²) >= 11 is 0.0858. The van der Waals surface area contributed by atoms with Crippen molar-refractivity contribution in [2.24, 2.45) is 0 Å². The van der Waals surface area contributed by atoms with Crippen LogP contribution >= 0.6 is 11.3 Å². The van der Waals surface area contributed by atoms with E-state index in [1.807, 2.05) is 68.7 Å². The first-order valence-electron chi connectivity index (χ1n) is 16.6. The van der Waals surface area contributed by atoms with Crippen molar-refractivity contribution < 1.29 is 21.5 Å². The van der Waals surface area contributed by atoms with Crippen LogP contribution in [0.25, 0.3) is 64.2 Å². The molecule has 0 unspecified atom stereocenters. The summed E-state index contributed by atoms with van der Waals surface area (Å²) in [5, 5.41) is 7.60. The third kappa shape index (κ3) is 7.04. The van der Waals surface area contributed by atoms with Gasteiger partial charge in [0, 0.05) is 32.4 Å². The van der Waals surface area contributed by atoms with Gasteiger partial charge in [0.05, 0.1) is 0 Å². The summed E-state index contributed by atoms with van der Waals surface area (Å²) in [5.41, 5.74) is 6.21. The Morgan fingerprint density at radius 3 is 2.25 bits per heavy atom. The Morgan fingerprint density at radius 1 is 0.729 bits per heavy atom. The second kappa shape index (κ2) is 14.1. The summed E-state index contributed by atoms with van der Waals surface area (Å²) in [4.78, 5) is 9.17. The van der Waals surface area contributed by atoms with Gasteiger partial charge in [-0.2, -0.15) is 11.3 Å². The topological polar surface area (TPSA) is 25.8 Å². The van der Waals surface area contributed by atoms with Crippen LogP contribution in [0.4, 0.5) is 0 Å². The van der Waals surface area contributed by atoms with Crippen LogP contribution in [0.2, 0.25) is 17.3 Å². The average molecular weight is 881 g/mol. The maximum atomic E-state index is 8.40. The van der Waals surface area contributed by atoms with Gasteiger partial charge in [-0.25, -0.2) is 0 Å². The van der Waals surface area contributed by atoms with Crippen molar-refractivity contribution in [2.45, 2.75) is 43.9 Å². The fraction of sp³-hybridized carbons (Fsp3) is 0.163. The van der Waals surface area contributed by atoms with Crippen LogP contribution in [0, 0.1) is 19.1 Å². The van der Waals surface area contributed by atoms with E-state index in [0.717, 1.165) is 28.1 Å². The van der Waals surface area contributed by atoms with Gasteiger partial charge in [-0.3, -0.25) is 0 Å². The molecule has 5 heteroatoms. The number of thiophene rings is 1. The number of aryl methyl sites for hydroxylation is 1. The van der Waals surface area contributed by atoms with Crippen molar-refractivity contribution in [2.75, 3.05) is 0 Å². The zero-order valence-electron chi connectivity index (χ0n) is 29.1. The molecule has 0 aliphatic rings. The van der Waals surface area contributed by atoms with Crippen LogP contribution in [0.15, 0.2) is 116 Å². The third-order valence-electron chi connectivity index (χ3n) is 8.71. The molecule has 0 N–H and O–H groups in total. The number of pyridine rings is 2. The molecular formula is C43H38GeIrN2S-2. The van der Waals surface area contributed by atoms with Gasteiger partial charge in [0.15, 0.2) is 0 Å². The molecule has 0 atom stereocenters. The minimum Gasteiger partial charge on any atom is 0 e. The van der Waals surface area contributed by atoms with Crippen molar-refractivity contribution >= 4 is 70.7 Å². The second-order valence-corrected chi connectivity index (χ2v) is 25.2. The van der Waals surface area contributed by atoms with E-state index >= 15 is 0 Å². The number of nitrogens with zero attached hydrogens (tertiary/aromatic N) is 2. The minimum atomic E-state index is -1.72. The number of hydrogen-bond acceptors (Lipinski definition) is 3. The Morgan fingerprint density at radius 2 is 1.52 bits per heavy atom. The van der Waals surface area contributed by atoms with Crippen molar-refractivity contribution in [3.05, 3.63) is 139 Å². The Kier molecular flexibility index (Phi) is 9.62. The van der Waals surface area contributed by atoms with E-state index in [4.69, 9.17) is 1.37 Å². The quantitative estimate of drug-likeness (QED) is 0.1000. The SMILES string of the molecule is [2H]C(C)(C)c1ccnc(-c2[c-]ccc3c2sc2cc4cc5cc(C)ccc5cc4cc23)c1.[CH3][Ge]([CH3])([CH3])[c]1ccc(-c2[c-]cccc2)nc1.[Ir]. The van der Waals surface area contributed by atoms with Crippen molar-refractivity contribution in [1.82, 2.24) is 9.97 Å². The van der Waals surface area contributed by atoms with Gasteiger partial charge in [0.25, 0.3) is 0 Å². The van der Waals surface area contributed by atoms with E-state index in [1.54, 1.807) is 11.3 Å².